The number of aromatic amines is 1. The molecule has 19 heavy (non-hydrogen) atoms. The third-order valence-electron chi connectivity index (χ3n) is 2.59. The predicted octanol–water partition coefficient (Wildman–Crippen LogP) is 1.56. The van der Waals surface area contributed by atoms with E-state index in [-0.39, 0.29) is 6.42 Å². The molecule has 102 valence electrons. The zero-order chi connectivity index (χ0) is 14.0. The van der Waals surface area contributed by atoms with Crippen molar-refractivity contribution in [1.82, 2.24) is 4.98 Å². The molecular formula is C12H14N2O4S. The van der Waals surface area contributed by atoms with Gasteiger partial charge in [0.1, 0.15) is 0 Å². The number of aryl methyl sites for hydroxylation is 1. The number of carboxylic acid groups (broad SMARTS) is 1. The van der Waals surface area contributed by atoms with Gasteiger partial charge in [0.05, 0.1) is 12.7 Å². The highest BCUT2D eigenvalue weighted by atomic mass is 32.2. The van der Waals surface area contributed by atoms with Gasteiger partial charge in [0.25, 0.3) is 0 Å². The van der Waals surface area contributed by atoms with Crippen LogP contribution in [0.2, 0.25) is 0 Å². The number of rotatable bonds is 5. The number of carbonyl (C=O) groups is 1. The van der Waals surface area contributed by atoms with E-state index < -0.39 is 16.0 Å². The van der Waals surface area contributed by atoms with E-state index in [1.807, 2.05) is 6.07 Å². The molecule has 0 aliphatic carbocycles. The molecule has 1 heterocycles. The third kappa shape index (κ3) is 3.72. The van der Waals surface area contributed by atoms with Gasteiger partial charge >= 0.3 is 5.97 Å². The zero-order valence-electron chi connectivity index (χ0n) is 10.3. The quantitative estimate of drug-likeness (QED) is 0.774. The monoisotopic (exact) mass is 282 g/mol. The predicted molar refractivity (Wildman–Crippen MR) is 72.7 cm³/mol. The number of anilines is 1. The summed E-state index contributed by atoms with van der Waals surface area (Å²) in [4.78, 5) is 13.6. The van der Waals surface area contributed by atoms with E-state index in [1.54, 1.807) is 18.2 Å². The Morgan fingerprint density at radius 2 is 2.11 bits per heavy atom. The van der Waals surface area contributed by atoms with E-state index in [9.17, 15) is 13.2 Å². The van der Waals surface area contributed by atoms with Crippen molar-refractivity contribution < 1.29 is 18.3 Å². The minimum absolute atomic E-state index is 0.0568. The number of H-pyrrole nitrogens is 1. The van der Waals surface area contributed by atoms with Crippen molar-refractivity contribution in [2.24, 2.45) is 0 Å². The molecule has 0 atom stereocenters. The van der Waals surface area contributed by atoms with Crippen LogP contribution in [0.25, 0.3) is 10.9 Å². The van der Waals surface area contributed by atoms with Crippen molar-refractivity contribution in [2.45, 2.75) is 12.8 Å². The number of carboxylic acids is 1. The molecule has 1 aromatic carbocycles. The summed E-state index contributed by atoms with van der Waals surface area (Å²) in [7, 11) is -3.30. The van der Waals surface area contributed by atoms with Gasteiger partial charge in [-0.3, -0.25) is 9.52 Å². The SMILES string of the molecule is CS(=O)(=O)Nc1ccc2[nH]c(CCC(=O)O)cc2c1. The van der Waals surface area contributed by atoms with Crippen LogP contribution in [0.4, 0.5) is 5.69 Å². The Hall–Kier alpha value is -2.02. The lowest BCUT2D eigenvalue weighted by atomic mass is 10.2. The molecule has 2 aromatic rings. The Bertz CT molecular complexity index is 718. The first kappa shape index (κ1) is 13.4. The summed E-state index contributed by atoms with van der Waals surface area (Å²) in [6, 6.07) is 6.94. The molecule has 1 aromatic heterocycles. The Balaban J connectivity index is 2.25. The first-order valence-electron chi connectivity index (χ1n) is 5.65. The molecule has 0 saturated heterocycles. The van der Waals surface area contributed by atoms with Crippen molar-refractivity contribution in [3.05, 3.63) is 30.0 Å². The number of fused-ring (bicyclic) bond motifs is 1. The smallest absolute Gasteiger partial charge is 0.303 e. The molecule has 0 aliphatic heterocycles. The number of hydrogen-bond donors (Lipinski definition) is 3. The molecule has 0 fully saturated rings. The molecule has 0 bridgehead atoms. The van der Waals surface area contributed by atoms with Gasteiger partial charge in [0.2, 0.25) is 10.0 Å². The molecule has 7 heteroatoms. The summed E-state index contributed by atoms with van der Waals surface area (Å²) in [5.41, 5.74) is 2.15. The van der Waals surface area contributed by atoms with Crippen LogP contribution in [0.3, 0.4) is 0 Å². The minimum atomic E-state index is -3.30. The number of benzene rings is 1. The van der Waals surface area contributed by atoms with Gasteiger partial charge in [-0.25, -0.2) is 8.42 Å². The maximum absolute atomic E-state index is 11.1. The van der Waals surface area contributed by atoms with E-state index in [0.29, 0.717) is 12.1 Å². The van der Waals surface area contributed by atoms with Gasteiger partial charge in [-0.2, -0.15) is 0 Å². The summed E-state index contributed by atoms with van der Waals surface area (Å²) in [6.45, 7) is 0. The Kier molecular flexibility index (Phi) is 3.48. The van der Waals surface area contributed by atoms with Crippen molar-refractivity contribution in [2.75, 3.05) is 11.0 Å². The number of hydrogen-bond acceptors (Lipinski definition) is 3. The highest BCUT2D eigenvalue weighted by Gasteiger charge is 2.06. The first-order chi connectivity index (χ1) is 8.83. The lowest BCUT2D eigenvalue weighted by Crippen LogP contribution is -2.09. The van der Waals surface area contributed by atoms with E-state index in [1.165, 1.54) is 0 Å². The molecule has 0 radical (unpaired) electrons. The van der Waals surface area contributed by atoms with E-state index in [2.05, 4.69) is 9.71 Å². The fourth-order valence-corrected chi connectivity index (χ4v) is 2.40. The van der Waals surface area contributed by atoms with Crippen molar-refractivity contribution in [3.8, 4) is 0 Å². The largest absolute Gasteiger partial charge is 0.481 e. The highest BCUT2D eigenvalue weighted by Crippen LogP contribution is 2.21. The number of aliphatic carboxylic acids is 1. The van der Waals surface area contributed by atoms with Crippen LogP contribution in [0.1, 0.15) is 12.1 Å². The van der Waals surface area contributed by atoms with Crippen LogP contribution in [0, 0.1) is 0 Å². The third-order valence-corrected chi connectivity index (χ3v) is 3.19. The average molecular weight is 282 g/mol. The van der Waals surface area contributed by atoms with Gasteiger partial charge in [-0.15, -0.1) is 0 Å². The van der Waals surface area contributed by atoms with Crippen molar-refractivity contribution in [3.63, 3.8) is 0 Å². The van der Waals surface area contributed by atoms with Crippen LogP contribution < -0.4 is 4.72 Å². The summed E-state index contributed by atoms with van der Waals surface area (Å²) in [6.07, 6.45) is 1.56. The summed E-state index contributed by atoms with van der Waals surface area (Å²) < 4.78 is 24.7. The number of aromatic nitrogens is 1. The van der Waals surface area contributed by atoms with Crippen LogP contribution >= 0.6 is 0 Å². The molecule has 3 N–H and O–H groups in total. The molecule has 0 saturated carbocycles. The van der Waals surface area contributed by atoms with Crippen LogP contribution in [0.15, 0.2) is 24.3 Å². The molecule has 0 aliphatic rings. The molecule has 0 unspecified atom stereocenters. The van der Waals surface area contributed by atoms with Gasteiger partial charge in [0, 0.05) is 22.3 Å². The molecule has 0 spiro atoms. The Morgan fingerprint density at radius 1 is 1.37 bits per heavy atom. The average Bonchev–Trinajstić information content (AvgIpc) is 2.66. The van der Waals surface area contributed by atoms with Gasteiger partial charge < -0.3 is 10.1 Å². The van der Waals surface area contributed by atoms with Gasteiger partial charge in [-0.05, 0) is 30.7 Å². The fraction of sp³-hybridized carbons (Fsp3) is 0.250. The maximum Gasteiger partial charge on any atom is 0.303 e. The van der Waals surface area contributed by atoms with Crippen molar-refractivity contribution >= 4 is 32.6 Å². The Labute approximate surface area is 110 Å². The van der Waals surface area contributed by atoms with Gasteiger partial charge in [0.15, 0.2) is 0 Å². The summed E-state index contributed by atoms with van der Waals surface area (Å²) in [5, 5.41) is 9.47. The topological polar surface area (TPSA) is 99.3 Å². The standard InChI is InChI=1S/C12H14N2O4S/c1-19(17,18)14-10-2-4-11-8(7-10)6-9(13-11)3-5-12(15)16/h2,4,6-7,13-14H,3,5H2,1H3,(H,15,16). The Morgan fingerprint density at radius 3 is 2.74 bits per heavy atom. The zero-order valence-corrected chi connectivity index (χ0v) is 11.1. The van der Waals surface area contributed by atoms with Crippen LogP contribution in [-0.4, -0.2) is 30.7 Å². The van der Waals surface area contributed by atoms with E-state index in [4.69, 9.17) is 5.11 Å². The number of sulfonamides is 1. The second-order valence-corrected chi connectivity index (χ2v) is 6.11. The lowest BCUT2D eigenvalue weighted by Gasteiger charge is -2.02. The van der Waals surface area contributed by atoms with E-state index >= 15 is 0 Å². The summed E-state index contributed by atoms with van der Waals surface area (Å²) in [5.74, 6) is -0.849. The molecular weight excluding hydrogens is 268 g/mol. The number of nitrogens with one attached hydrogen (secondary N) is 2. The molecule has 6 nitrogen and oxygen atoms in total. The second kappa shape index (κ2) is 4.93. The first-order valence-corrected chi connectivity index (χ1v) is 7.54. The van der Waals surface area contributed by atoms with E-state index in [0.717, 1.165) is 22.9 Å². The second-order valence-electron chi connectivity index (χ2n) is 4.36. The normalized spacial score (nSPS) is 11.6. The fourth-order valence-electron chi connectivity index (χ4n) is 1.85. The van der Waals surface area contributed by atoms with Crippen LogP contribution in [-0.2, 0) is 21.2 Å². The maximum atomic E-state index is 11.1. The lowest BCUT2D eigenvalue weighted by molar-refractivity contribution is -0.136. The molecule has 2 rings (SSSR count). The van der Waals surface area contributed by atoms with Gasteiger partial charge in [-0.1, -0.05) is 0 Å². The summed E-state index contributed by atoms with van der Waals surface area (Å²) >= 11 is 0. The molecule has 0 amide bonds. The van der Waals surface area contributed by atoms with Crippen molar-refractivity contribution in [1.29, 1.82) is 0 Å². The highest BCUT2D eigenvalue weighted by molar-refractivity contribution is 7.92. The minimum Gasteiger partial charge on any atom is -0.481 e. The van der Waals surface area contributed by atoms with Crippen LogP contribution in [0.5, 0.6) is 0 Å².